The molecule has 0 unspecified atom stereocenters. The Hall–Kier alpha value is -1.93. The molecule has 1 aliphatic carbocycles. The highest BCUT2D eigenvalue weighted by atomic mass is 32.2. The molecule has 0 aromatic heterocycles. The van der Waals surface area contributed by atoms with E-state index < -0.39 is 22.0 Å². The number of carbonyl (C=O) groups is 2. The molecule has 132 valence electrons. The lowest BCUT2D eigenvalue weighted by molar-refractivity contribution is -0.159. The molecule has 0 bridgehead atoms. The maximum absolute atomic E-state index is 12.1. The Balaban J connectivity index is 2.02. The molecule has 7 nitrogen and oxygen atoms in total. The van der Waals surface area contributed by atoms with E-state index in [2.05, 4.69) is 5.32 Å². The molecule has 0 spiro atoms. The van der Waals surface area contributed by atoms with E-state index in [4.69, 9.17) is 4.74 Å². The molecule has 1 amide bonds. The smallest absolute Gasteiger partial charge is 0.309 e. The van der Waals surface area contributed by atoms with Crippen LogP contribution in [0.1, 0.15) is 26.2 Å². The van der Waals surface area contributed by atoms with Crippen LogP contribution in [0.2, 0.25) is 0 Å². The summed E-state index contributed by atoms with van der Waals surface area (Å²) in [7, 11) is -0.719. The summed E-state index contributed by atoms with van der Waals surface area (Å²) in [5, 5.41) is 2.57. The van der Waals surface area contributed by atoms with Crippen LogP contribution in [0, 0.1) is 5.92 Å². The maximum atomic E-state index is 12.1. The minimum Gasteiger partial charge on any atom is -0.452 e. The maximum Gasteiger partial charge on any atom is 0.309 e. The monoisotopic (exact) mass is 354 g/mol. The van der Waals surface area contributed by atoms with Gasteiger partial charge in [0.25, 0.3) is 5.91 Å². The molecule has 0 heterocycles. The number of amides is 1. The number of rotatable bonds is 6. The number of carbonyl (C=O) groups excluding carboxylic acids is 2. The summed E-state index contributed by atoms with van der Waals surface area (Å²) in [6.45, 7) is 1.49. The molecule has 1 aromatic rings. The zero-order valence-electron chi connectivity index (χ0n) is 14.0. The summed E-state index contributed by atoms with van der Waals surface area (Å²) in [4.78, 5) is 24.0. The molecule has 1 aliphatic rings. The summed E-state index contributed by atoms with van der Waals surface area (Å²) < 4.78 is 30.5. The van der Waals surface area contributed by atoms with Gasteiger partial charge < -0.3 is 10.1 Å². The van der Waals surface area contributed by atoms with Crippen molar-refractivity contribution in [1.82, 2.24) is 4.31 Å². The first-order valence-electron chi connectivity index (χ1n) is 7.76. The highest BCUT2D eigenvalue weighted by molar-refractivity contribution is 7.89. The highest BCUT2D eigenvalue weighted by Gasteiger charge is 2.29. The Morgan fingerprint density at radius 2 is 1.96 bits per heavy atom. The molecule has 1 aromatic carbocycles. The molecular formula is C16H22N2O5S. The standard InChI is InChI=1S/C16H22N2O5S/c1-11(23-16(20)12-6-4-7-12)15(19)17-13-8-5-9-14(10-13)24(21,22)18(2)3/h5,8-12H,4,6-7H2,1-3H3,(H,17,19)/t11-/m0/s1. The Morgan fingerprint density at radius 3 is 2.50 bits per heavy atom. The van der Waals surface area contributed by atoms with E-state index in [1.807, 2.05) is 0 Å². The average molecular weight is 354 g/mol. The van der Waals surface area contributed by atoms with Crippen molar-refractivity contribution < 1.29 is 22.7 Å². The van der Waals surface area contributed by atoms with Crippen LogP contribution in [-0.2, 0) is 24.3 Å². The first-order valence-corrected chi connectivity index (χ1v) is 9.20. The van der Waals surface area contributed by atoms with Gasteiger partial charge in [0.05, 0.1) is 10.8 Å². The Morgan fingerprint density at radius 1 is 1.29 bits per heavy atom. The van der Waals surface area contributed by atoms with Gasteiger partial charge in [-0.05, 0) is 38.0 Å². The van der Waals surface area contributed by atoms with Gasteiger partial charge in [-0.2, -0.15) is 0 Å². The van der Waals surface area contributed by atoms with Gasteiger partial charge >= 0.3 is 5.97 Å². The van der Waals surface area contributed by atoms with Gasteiger partial charge in [-0.25, -0.2) is 12.7 Å². The van der Waals surface area contributed by atoms with Gasteiger partial charge in [-0.15, -0.1) is 0 Å². The molecule has 0 saturated heterocycles. The van der Waals surface area contributed by atoms with Crippen LogP contribution in [0.3, 0.4) is 0 Å². The lowest BCUT2D eigenvalue weighted by Gasteiger charge is -2.24. The number of nitrogens with zero attached hydrogens (tertiary/aromatic N) is 1. The van der Waals surface area contributed by atoms with Crippen molar-refractivity contribution in [2.75, 3.05) is 19.4 Å². The van der Waals surface area contributed by atoms with Crippen molar-refractivity contribution in [3.05, 3.63) is 24.3 Å². The minimum absolute atomic E-state index is 0.0735. The third kappa shape index (κ3) is 4.12. The predicted molar refractivity (Wildman–Crippen MR) is 88.8 cm³/mol. The molecule has 1 saturated carbocycles. The van der Waals surface area contributed by atoms with E-state index in [1.165, 1.54) is 39.2 Å². The van der Waals surface area contributed by atoms with Crippen LogP contribution < -0.4 is 5.32 Å². The van der Waals surface area contributed by atoms with Gasteiger partial charge in [0.1, 0.15) is 0 Å². The molecular weight excluding hydrogens is 332 g/mol. The second kappa shape index (κ2) is 7.31. The summed E-state index contributed by atoms with van der Waals surface area (Å²) in [6.07, 6.45) is 1.68. The Bertz CT molecular complexity index is 726. The molecule has 2 rings (SSSR count). The second-order valence-electron chi connectivity index (χ2n) is 6.01. The number of sulfonamides is 1. The Labute approximate surface area is 142 Å². The largest absolute Gasteiger partial charge is 0.452 e. The van der Waals surface area contributed by atoms with Crippen molar-refractivity contribution in [2.45, 2.75) is 37.2 Å². The third-order valence-corrected chi connectivity index (χ3v) is 5.79. The van der Waals surface area contributed by atoms with Gasteiger partial charge in [-0.1, -0.05) is 12.5 Å². The van der Waals surface area contributed by atoms with Crippen LogP contribution in [-0.4, -0.2) is 44.8 Å². The number of benzene rings is 1. The zero-order valence-corrected chi connectivity index (χ0v) is 14.8. The highest BCUT2D eigenvalue weighted by Crippen LogP contribution is 2.28. The number of esters is 1. The first kappa shape index (κ1) is 18.4. The van der Waals surface area contributed by atoms with Gasteiger partial charge in [-0.3, -0.25) is 9.59 Å². The van der Waals surface area contributed by atoms with E-state index in [-0.39, 0.29) is 16.8 Å². The lowest BCUT2D eigenvalue weighted by Crippen LogP contribution is -2.34. The van der Waals surface area contributed by atoms with Crippen molar-refractivity contribution >= 4 is 27.6 Å². The van der Waals surface area contributed by atoms with Crippen molar-refractivity contribution in [2.24, 2.45) is 5.92 Å². The fourth-order valence-electron chi connectivity index (χ4n) is 2.16. The predicted octanol–water partition coefficient (Wildman–Crippen LogP) is 1.61. The first-order chi connectivity index (χ1) is 11.2. The second-order valence-corrected chi connectivity index (χ2v) is 8.16. The number of nitrogens with one attached hydrogen (secondary N) is 1. The topological polar surface area (TPSA) is 92.8 Å². The molecule has 1 atom stereocenters. The zero-order chi connectivity index (χ0) is 17.9. The molecule has 0 aliphatic heterocycles. The fraction of sp³-hybridized carbons (Fsp3) is 0.500. The molecule has 1 fully saturated rings. The van der Waals surface area contributed by atoms with Gasteiger partial charge in [0, 0.05) is 19.8 Å². The lowest BCUT2D eigenvalue weighted by atomic mass is 9.86. The summed E-state index contributed by atoms with van der Waals surface area (Å²) in [5.41, 5.74) is 0.328. The van der Waals surface area contributed by atoms with E-state index in [0.29, 0.717) is 5.69 Å². The van der Waals surface area contributed by atoms with E-state index in [1.54, 1.807) is 6.07 Å². The van der Waals surface area contributed by atoms with Crippen LogP contribution in [0.4, 0.5) is 5.69 Å². The minimum atomic E-state index is -3.58. The van der Waals surface area contributed by atoms with Crippen molar-refractivity contribution in [3.63, 3.8) is 0 Å². The quantitative estimate of drug-likeness (QED) is 0.784. The van der Waals surface area contributed by atoms with Crippen LogP contribution in [0.5, 0.6) is 0 Å². The van der Waals surface area contributed by atoms with Crippen molar-refractivity contribution in [1.29, 1.82) is 0 Å². The SMILES string of the molecule is C[C@H](OC(=O)C1CCC1)C(=O)Nc1cccc(S(=O)(=O)N(C)C)c1. The van der Waals surface area contributed by atoms with E-state index >= 15 is 0 Å². The molecule has 8 heteroatoms. The number of hydrogen-bond donors (Lipinski definition) is 1. The average Bonchev–Trinajstić information content (AvgIpc) is 2.45. The van der Waals surface area contributed by atoms with Crippen LogP contribution in [0.25, 0.3) is 0 Å². The third-order valence-electron chi connectivity index (χ3n) is 3.98. The van der Waals surface area contributed by atoms with Crippen molar-refractivity contribution in [3.8, 4) is 0 Å². The number of ether oxygens (including phenoxy) is 1. The fourth-order valence-corrected chi connectivity index (χ4v) is 3.11. The Kier molecular flexibility index (Phi) is 5.61. The van der Waals surface area contributed by atoms with Gasteiger partial charge in [0.15, 0.2) is 6.10 Å². The molecule has 0 radical (unpaired) electrons. The van der Waals surface area contributed by atoms with E-state index in [9.17, 15) is 18.0 Å². The van der Waals surface area contributed by atoms with E-state index in [0.717, 1.165) is 23.6 Å². The summed E-state index contributed by atoms with van der Waals surface area (Å²) in [5.74, 6) is -0.955. The number of anilines is 1. The summed E-state index contributed by atoms with van der Waals surface area (Å²) in [6, 6.07) is 5.93. The molecule has 1 N–H and O–H groups in total. The summed E-state index contributed by atoms with van der Waals surface area (Å²) >= 11 is 0. The van der Waals surface area contributed by atoms with Crippen LogP contribution >= 0.6 is 0 Å². The van der Waals surface area contributed by atoms with Crippen LogP contribution in [0.15, 0.2) is 29.2 Å². The normalized spacial score (nSPS) is 16.3. The number of hydrogen-bond acceptors (Lipinski definition) is 5. The molecule has 24 heavy (non-hydrogen) atoms. The van der Waals surface area contributed by atoms with Gasteiger partial charge in [0.2, 0.25) is 10.0 Å².